The van der Waals surface area contributed by atoms with Crippen LogP contribution in [0.4, 0.5) is 4.79 Å². The summed E-state index contributed by atoms with van der Waals surface area (Å²) in [5, 5.41) is 10.5. The average molecular weight is 310 g/mol. The summed E-state index contributed by atoms with van der Waals surface area (Å²) >= 11 is 0. The lowest BCUT2D eigenvalue weighted by molar-refractivity contribution is 0.200. The molecule has 0 aliphatic carbocycles. The number of carbonyl (C=O) groups is 1. The fraction of sp³-hybridized carbons (Fsp3) is 0.125. The lowest BCUT2D eigenvalue weighted by Gasteiger charge is -2.04. The van der Waals surface area contributed by atoms with Crippen molar-refractivity contribution in [1.29, 1.82) is 0 Å². The predicted molar refractivity (Wildman–Crippen MR) is 81.7 cm³/mol. The van der Waals surface area contributed by atoms with Gasteiger partial charge in [0, 0.05) is 25.4 Å². The fourth-order valence-electron chi connectivity index (χ4n) is 1.86. The number of rotatable bonds is 5. The average Bonchev–Trinajstić information content (AvgIpc) is 3.05. The highest BCUT2D eigenvalue weighted by molar-refractivity contribution is 5.70. The number of aromatic nitrogens is 3. The topological polar surface area (TPSA) is 90.1 Å². The first-order valence-electron chi connectivity index (χ1n) is 7.05. The van der Waals surface area contributed by atoms with Gasteiger partial charge in [-0.05, 0) is 24.3 Å². The SMILES string of the molecule is O=C(NCCc1nnc(-c2cccnc2)o1)Oc1ccccc1. The lowest BCUT2D eigenvalue weighted by atomic mass is 10.3. The molecule has 0 spiro atoms. The van der Waals surface area contributed by atoms with Gasteiger partial charge in [-0.3, -0.25) is 4.98 Å². The summed E-state index contributed by atoms with van der Waals surface area (Å²) in [6, 6.07) is 12.5. The quantitative estimate of drug-likeness (QED) is 0.778. The highest BCUT2D eigenvalue weighted by Gasteiger charge is 2.09. The maximum absolute atomic E-state index is 11.6. The van der Waals surface area contributed by atoms with Gasteiger partial charge in [-0.15, -0.1) is 10.2 Å². The summed E-state index contributed by atoms with van der Waals surface area (Å²) < 4.78 is 10.6. The Balaban J connectivity index is 1.48. The Labute approximate surface area is 132 Å². The standard InChI is InChI=1S/C16H14N4O3/c21-16(22-13-6-2-1-3-7-13)18-10-8-14-19-20-15(23-14)12-5-4-9-17-11-12/h1-7,9,11H,8,10H2,(H,18,21). The molecule has 3 rings (SSSR count). The van der Waals surface area contributed by atoms with E-state index in [1.54, 1.807) is 42.7 Å². The molecule has 2 aromatic heterocycles. The molecule has 0 saturated carbocycles. The number of para-hydroxylation sites is 1. The van der Waals surface area contributed by atoms with Crippen molar-refractivity contribution < 1.29 is 13.9 Å². The van der Waals surface area contributed by atoms with Gasteiger partial charge >= 0.3 is 6.09 Å². The van der Waals surface area contributed by atoms with Crippen LogP contribution in [0.5, 0.6) is 5.75 Å². The third kappa shape index (κ3) is 4.13. The summed E-state index contributed by atoms with van der Waals surface area (Å²) in [6.45, 7) is 0.334. The summed E-state index contributed by atoms with van der Waals surface area (Å²) in [6.07, 6.45) is 3.20. The number of amides is 1. The third-order valence-electron chi connectivity index (χ3n) is 2.94. The van der Waals surface area contributed by atoms with Crippen LogP contribution in [0.3, 0.4) is 0 Å². The van der Waals surface area contributed by atoms with Crippen LogP contribution < -0.4 is 10.1 Å². The molecule has 0 atom stereocenters. The third-order valence-corrected chi connectivity index (χ3v) is 2.94. The van der Waals surface area contributed by atoms with Crippen molar-refractivity contribution in [2.75, 3.05) is 6.54 Å². The van der Waals surface area contributed by atoms with Crippen LogP contribution >= 0.6 is 0 Å². The summed E-state index contributed by atoms with van der Waals surface area (Å²) in [5.74, 6) is 1.32. The van der Waals surface area contributed by atoms with E-state index in [9.17, 15) is 4.79 Å². The van der Waals surface area contributed by atoms with E-state index in [0.29, 0.717) is 30.5 Å². The van der Waals surface area contributed by atoms with E-state index in [1.165, 1.54) is 0 Å². The van der Waals surface area contributed by atoms with Crippen LogP contribution in [0, 0.1) is 0 Å². The number of nitrogens with one attached hydrogen (secondary N) is 1. The highest BCUT2D eigenvalue weighted by Crippen LogP contribution is 2.15. The largest absolute Gasteiger partial charge is 0.421 e. The van der Waals surface area contributed by atoms with Gasteiger partial charge in [-0.2, -0.15) is 0 Å². The van der Waals surface area contributed by atoms with E-state index in [4.69, 9.17) is 9.15 Å². The second-order valence-corrected chi connectivity index (χ2v) is 4.62. The number of hydrogen-bond donors (Lipinski definition) is 1. The Morgan fingerprint density at radius 3 is 2.78 bits per heavy atom. The molecule has 7 heteroatoms. The van der Waals surface area contributed by atoms with E-state index in [1.807, 2.05) is 12.1 Å². The summed E-state index contributed by atoms with van der Waals surface area (Å²) in [4.78, 5) is 15.6. The van der Waals surface area contributed by atoms with Gasteiger partial charge in [0.15, 0.2) is 0 Å². The Hall–Kier alpha value is -3.22. The van der Waals surface area contributed by atoms with Crippen LogP contribution in [-0.2, 0) is 6.42 Å². The van der Waals surface area contributed by atoms with Crippen LogP contribution in [-0.4, -0.2) is 27.8 Å². The minimum Gasteiger partial charge on any atom is -0.421 e. The predicted octanol–water partition coefficient (Wildman–Crippen LogP) is 2.46. The Morgan fingerprint density at radius 1 is 1.13 bits per heavy atom. The summed E-state index contributed by atoms with van der Waals surface area (Å²) in [5.41, 5.74) is 0.752. The van der Waals surface area contributed by atoms with E-state index in [0.717, 1.165) is 5.56 Å². The molecule has 2 heterocycles. The minimum atomic E-state index is -0.525. The molecule has 3 aromatic rings. The Bertz CT molecular complexity index is 759. The molecular formula is C16H14N4O3. The Kier molecular flexibility index (Phi) is 4.58. The molecule has 1 amide bonds. The zero-order valence-corrected chi connectivity index (χ0v) is 12.2. The van der Waals surface area contributed by atoms with Gasteiger partial charge in [0.05, 0.1) is 5.56 Å². The van der Waals surface area contributed by atoms with Crippen molar-refractivity contribution in [2.24, 2.45) is 0 Å². The number of benzene rings is 1. The van der Waals surface area contributed by atoms with Crippen molar-refractivity contribution in [3.63, 3.8) is 0 Å². The minimum absolute atomic E-state index is 0.334. The van der Waals surface area contributed by atoms with Gasteiger partial charge < -0.3 is 14.5 Å². The van der Waals surface area contributed by atoms with Gasteiger partial charge in [0.2, 0.25) is 11.8 Å². The molecule has 0 bridgehead atoms. The fourth-order valence-corrected chi connectivity index (χ4v) is 1.86. The molecule has 116 valence electrons. The molecule has 0 saturated heterocycles. The number of ether oxygens (including phenoxy) is 1. The maximum Gasteiger partial charge on any atom is 0.412 e. The Morgan fingerprint density at radius 2 is 2.00 bits per heavy atom. The second kappa shape index (κ2) is 7.17. The van der Waals surface area contributed by atoms with Crippen molar-refractivity contribution in [3.8, 4) is 17.2 Å². The molecule has 0 aliphatic heterocycles. The molecule has 7 nitrogen and oxygen atoms in total. The van der Waals surface area contributed by atoms with E-state index >= 15 is 0 Å². The highest BCUT2D eigenvalue weighted by atomic mass is 16.6. The normalized spacial score (nSPS) is 10.3. The van der Waals surface area contributed by atoms with Crippen LogP contribution in [0.15, 0.2) is 59.3 Å². The van der Waals surface area contributed by atoms with Gasteiger partial charge in [0.1, 0.15) is 5.75 Å². The maximum atomic E-state index is 11.6. The molecule has 0 fully saturated rings. The van der Waals surface area contributed by atoms with Crippen LogP contribution in [0.25, 0.3) is 11.5 Å². The zero-order valence-electron chi connectivity index (χ0n) is 12.2. The van der Waals surface area contributed by atoms with Crippen molar-refractivity contribution >= 4 is 6.09 Å². The number of pyridine rings is 1. The number of carbonyl (C=O) groups excluding carboxylic acids is 1. The number of hydrogen-bond acceptors (Lipinski definition) is 6. The van der Waals surface area contributed by atoms with Crippen molar-refractivity contribution in [3.05, 3.63) is 60.7 Å². The lowest BCUT2D eigenvalue weighted by Crippen LogP contribution is -2.28. The van der Waals surface area contributed by atoms with E-state index in [-0.39, 0.29) is 0 Å². The molecule has 0 unspecified atom stereocenters. The second-order valence-electron chi connectivity index (χ2n) is 4.62. The first-order valence-corrected chi connectivity index (χ1v) is 7.05. The summed E-state index contributed by atoms with van der Waals surface area (Å²) in [7, 11) is 0. The molecule has 1 N–H and O–H groups in total. The number of nitrogens with zero attached hydrogens (tertiary/aromatic N) is 3. The molecule has 1 aromatic carbocycles. The molecule has 0 radical (unpaired) electrons. The van der Waals surface area contributed by atoms with Crippen LogP contribution in [0.2, 0.25) is 0 Å². The molecular weight excluding hydrogens is 296 g/mol. The monoisotopic (exact) mass is 310 g/mol. The zero-order chi connectivity index (χ0) is 15.9. The molecule has 0 aliphatic rings. The van der Waals surface area contributed by atoms with Crippen molar-refractivity contribution in [2.45, 2.75) is 6.42 Å². The van der Waals surface area contributed by atoms with Gasteiger partial charge in [-0.25, -0.2) is 4.79 Å². The van der Waals surface area contributed by atoms with Crippen molar-refractivity contribution in [1.82, 2.24) is 20.5 Å². The first kappa shape index (κ1) is 14.7. The molecule has 23 heavy (non-hydrogen) atoms. The smallest absolute Gasteiger partial charge is 0.412 e. The first-order chi connectivity index (χ1) is 11.3. The van der Waals surface area contributed by atoms with Crippen LogP contribution in [0.1, 0.15) is 5.89 Å². The van der Waals surface area contributed by atoms with E-state index in [2.05, 4.69) is 20.5 Å². The van der Waals surface area contributed by atoms with E-state index < -0.39 is 6.09 Å². The van der Waals surface area contributed by atoms with Gasteiger partial charge in [-0.1, -0.05) is 18.2 Å². The van der Waals surface area contributed by atoms with Gasteiger partial charge in [0.25, 0.3) is 0 Å².